The summed E-state index contributed by atoms with van der Waals surface area (Å²) >= 11 is 12.4. The Balaban J connectivity index is 1.70. The molecule has 2 aliphatic heterocycles. The number of nitrogens with zero attached hydrogens (tertiary/aromatic N) is 1. The summed E-state index contributed by atoms with van der Waals surface area (Å²) in [5.74, 6) is -0.952. The topological polar surface area (TPSA) is 66.8 Å². The van der Waals surface area contributed by atoms with Gasteiger partial charge in [-0.05, 0) is 73.4 Å². The zero-order valence-electron chi connectivity index (χ0n) is 18.3. The molecule has 0 bridgehead atoms. The van der Waals surface area contributed by atoms with E-state index in [-0.39, 0.29) is 11.3 Å². The Morgan fingerprint density at radius 1 is 1.00 bits per heavy atom. The summed E-state index contributed by atoms with van der Waals surface area (Å²) in [5, 5.41) is 12.0. The van der Waals surface area contributed by atoms with Gasteiger partial charge in [-0.15, -0.1) is 0 Å². The fourth-order valence-electron chi connectivity index (χ4n) is 4.47. The number of hydrogen-bond donors (Lipinski definition) is 1. The van der Waals surface area contributed by atoms with Gasteiger partial charge in [-0.2, -0.15) is 0 Å². The zero-order valence-corrected chi connectivity index (χ0v) is 19.9. The number of aliphatic hydroxyl groups excluding tert-OH is 1. The second-order valence-electron chi connectivity index (χ2n) is 8.45. The Labute approximate surface area is 207 Å². The van der Waals surface area contributed by atoms with Crippen molar-refractivity contribution in [3.63, 3.8) is 0 Å². The molecule has 34 heavy (non-hydrogen) atoms. The average molecular weight is 494 g/mol. The highest BCUT2D eigenvalue weighted by atomic mass is 35.5. The monoisotopic (exact) mass is 493 g/mol. The maximum absolute atomic E-state index is 13.3. The molecule has 0 aromatic heterocycles. The van der Waals surface area contributed by atoms with Crippen molar-refractivity contribution in [1.29, 1.82) is 0 Å². The maximum atomic E-state index is 13.3. The summed E-state index contributed by atoms with van der Waals surface area (Å²) in [6.45, 7) is 2.59. The number of carbonyl (C=O) groups is 2. The Morgan fingerprint density at radius 3 is 2.50 bits per heavy atom. The highest BCUT2D eigenvalue weighted by molar-refractivity contribution is 6.51. The Kier molecular flexibility index (Phi) is 5.84. The largest absolute Gasteiger partial charge is 0.507 e. The number of aryl methyl sites for hydroxylation is 2. The number of ketones is 1. The molecule has 1 amide bonds. The molecule has 3 aromatic rings. The van der Waals surface area contributed by atoms with Crippen molar-refractivity contribution in [2.75, 3.05) is 11.5 Å². The summed E-state index contributed by atoms with van der Waals surface area (Å²) in [6.07, 6.45) is 1.68. The minimum Gasteiger partial charge on any atom is -0.507 e. The molecule has 0 aliphatic carbocycles. The third-order valence-electron chi connectivity index (χ3n) is 6.20. The van der Waals surface area contributed by atoms with Crippen molar-refractivity contribution >= 4 is 46.3 Å². The van der Waals surface area contributed by atoms with E-state index in [1.807, 2.05) is 25.1 Å². The van der Waals surface area contributed by atoms with E-state index in [4.69, 9.17) is 27.9 Å². The van der Waals surface area contributed by atoms with Gasteiger partial charge in [0.2, 0.25) is 0 Å². The van der Waals surface area contributed by atoms with Gasteiger partial charge in [-0.25, -0.2) is 0 Å². The highest BCUT2D eigenvalue weighted by Crippen LogP contribution is 2.43. The number of carbonyl (C=O) groups excluding carboxylic acids is 2. The van der Waals surface area contributed by atoms with Gasteiger partial charge in [0.1, 0.15) is 11.5 Å². The van der Waals surface area contributed by atoms with Gasteiger partial charge >= 0.3 is 0 Å². The van der Waals surface area contributed by atoms with Crippen LogP contribution < -0.4 is 9.64 Å². The van der Waals surface area contributed by atoms with E-state index in [0.29, 0.717) is 33.5 Å². The van der Waals surface area contributed by atoms with Crippen LogP contribution in [0.4, 0.5) is 5.69 Å². The van der Waals surface area contributed by atoms with E-state index in [0.717, 1.165) is 29.7 Å². The van der Waals surface area contributed by atoms with E-state index in [1.165, 1.54) is 4.90 Å². The number of ether oxygens (including phenoxy) is 1. The molecule has 1 saturated heterocycles. The Hall–Kier alpha value is -3.28. The number of aliphatic hydroxyl groups is 1. The quantitative estimate of drug-likeness (QED) is 0.266. The molecule has 5 nitrogen and oxygen atoms in total. The third kappa shape index (κ3) is 3.85. The SMILES string of the molecule is Cc1ccc(N2C(=O)C(=O)/C(=C(\O)c3ccc4c(c3)CCCO4)C2c2ccc(Cl)c(Cl)c2)cc1. The molecule has 3 aromatic carbocycles. The van der Waals surface area contributed by atoms with Crippen LogP contribution in [0.15, 0.2) is 66.2 Å². The summed E-state index contributed by atoms with van der Waals surface area (Å²) in [4.78, 5) is 28.0. The molecule has 0 spiro atoms. The number of benzene rings is 3. The summed E-state index contributed by atoms with van der Waals surface area (Å²) < 4.78 is 5.67. The van der Waals surface area contributed by atoms with Crippen LogP contribution in [0.2, 0.25) is 10.0 Å². The first-order chi connectivity index (χ1) is 16.3. The lowest BCUT2D eigenvalue weighted by Gasteiger charge is -2.26. The minimum absolute atomic E-state index is 0.000594. The second-order valence-corrected chi connectivity index (χ2v) is 9.27. The molecule has 0 saturated carbocycles. The molecule has 1 fully saturated rings. The average Bonchev–Trinajstić information content (AvgIpc) is 3.11. The maximum Gasteiger partial charge on any atom is 0.300 e. The lowest BCUT2D eigenvalue weighted by atomic mass is 9.94. The normalized spacial score (nSPS) is 19.1. The first-order valence-corrected chi connectivity index (χ1v) is 11.7. The molecule has 0 radical (unpaired) electrons. The second kappa shape index (κ2) is 8.82. The molecule has 1 atom stereocenters. The first kappa shape index (κ1) is 22.5. The molecule has 5 rings (SSSR count). The van der Waals surface area contributed by atoms with Gasteiger partial charge in [-0.3, -0.25) is 14.5 Å². The lowest BCUT2D eigenvalue weighted by molar-refractivity contribution is -0.132. The molecule has 1 unspecified atom stereocenters. The zero-order chi connectivity index (χ0) is 24.0. The third-order valence-corrected chi connectivity index (χ3v) is 6.94. The van der Waals surface area contributed by atoms with E-state index in [1.54, 1.807) is 42.5 Å². The van der Waals surface area contributed by atoms with Crippen LogP contribution in [-0.2, 0) is 16.0 Å². The van der Waals surface area contributed by atoms with Crippen LogP contribution in [-0.4, -0.2) is 23.4 Å². The van der Waals surface area contributed by atoms with E-state index < -0.39 is 17.7 Å². The fraction of sp³-hybridized carbons (Fsp3) is 0.185. The number of rotatable bonds is 3. The molecule has 2 heterocycles. The molecule has 7 heteroatoms. The Bertz CT molecular complexity index is 1350. The van der Waals surface area contributed by atoms with Gasteiger partial charge in [0.25, 0.3) is 11.7 Å². The standard InChI is InChI=1S/C27H21Cl2NO4/c1-15-4-8-19(9-5-15)30-24(17-6-10-20(28)21(29)14-17)23(26(32)27(30)33)25(31)18-7-11-22-16(13-18)3-2-12-34-22/h4-11,13-14,24,31H,2-3,12H2,1H3/b25-23-. The fourth-order valence-corrected chi connectivity index (χ4v) is 4.77. The number of amides is 1. The van der Waals surface area contributed by atoms with Crippen molar-refractivity contribution < 1.29 is 19.4 Å². The molecule has 2 aliphatic rings. The van der Waals surface area contributed by atoms with E-state index >= 15 is 0 Å². The van der Waals surface area contributed by atoms with Gasteiger partial charge < -0.3 is 9.84 Å². The van der Waals surface area contributed by atoms with Crippen LogP contribution in [0, 0.1) is 6.92 Å². The molecule has 1 N–H and O–H groups in total. The number of anilines is 1. The number of halogens is 2. The van der Waals surface area contributed by atoms with Crippen molar-refractivity contribution in [1.82, 2.24) is 0 Å². The van der Waals surface area contributed by atoms with Gasteiger partial charge in [-0.1, -0.05) is 47.0 Å². The van der Waals surface area contributed by atoms with Crippen LogP contribution in [0.5, 0.6) is 5.75 Å². The van der Waals surface area contributed by atoms with E-state index in [2.05, 4.69) is 0 Å². The number of hydrogen-bond acceptors (Lipinski definition) is 4. The molecular formula is C27H21Cl2NO4. The molecular weight excluding hydrogens is 473 g/mol. The lowest BCUT2D eigenvalue weighted by Crippen LogP contribution is -2.29. The smallest absolute Gasteiger partial charge is 0.300 e. The van der Waals surface area contributed by atoms with Crippen LogP contribution in [0.1, 0.15) is 34.7 Å². The predicted octanol–water partition coefficient (Wildman–Crippen LogP) is 6.25. The summed E-state index contributed by atoms with van der Waals surface area (Å²) in [5.41, 5.74) is 3.53. The number of fused-ring (bicyclic) bond motifs is 1. The Morgan fingerprint density at radius 2 is 1.76 bits per heavy atom. The summed E-state index contributed by atoms with van der Waals surface area (Å²) in [6, 6.07) is 16.7. The van der Waals surface area contributed by atoms with Crippen molar-refractivity contribution in [3.05, 3.63) is 98.5 Å². The van der Waals surface area contributed by atoms with Crippen LogP contribution in [0.25, 0.3) is 5.76 Å². The van der Waals surface area contributed by atoms with Crippen LogP contribution in [0.3, 0.4) is 0 Å². The van der Waals surface area contributed by atoms with Crippen molar-refractivity contribution in [2.45, 2.75) is 25.8 Å². The minimum atomic E-state index is -0.871. The predicted molar refractivity (Wildman–Crippen MR) is 133 cm³/mol. The summed E-state index contributed by atoms with van der Waals surface area (Å²) in [7, 11) is 0. The number of Topliss-reactive ketones (excluding diaryl/α,β-unsaturated/α-hetero) is 1. The highest BCUT2D eigenvalue weighted by Gasteiger charge is 2.47. The van der Waals surface area contributed by atoms with Crippen LogP contribution >= 0.6 is 23.2 Å². The van der Waals surface area contributed by atoms with Crippen molar-refractivity contribution in [3.8, 4) is 5.75 Å². The van der Waals surface area contributed by atoms with E-state index in [9.17, 15) is 14.7 Å². The van der Waals surface area contributed by atoms with Crippen molar-refractivity contribution in [2.24, 2.45) is 0 Å². The molecule has 172 valence electrons. The van der Waals surface area contributed by atoms with Gasteiger partial charge in [0.05, 0.1) is 28.3 Å². The first-order valence-electron chi connectivity index (χ1n) is 10.9. The van der Waals surface area contributed by atoms with Gasteiger partial charge in [0.15, 0.2) is 0 Å². The van der Waals surface area contributed by atoms with Gasteiger partial charge in [0, 0.05) is 11.3 Å².